The summed E-state index contributed by atoms with van der Waals surface area (Å²) in [4.78, 5) is 2.26. The van der Waals surface area contributed by atoms with Gasteiger partial charge in [-0.2, -0.15) is 0 Å². The van der Waals surface area contributed by atoms with Crippen LogP contribution >= 0.6 is 23.4 Å². The summed E-state index contributed by atoms with van der Waals surface area (Å²) in [6, 6.07) is 15.9. The Kier molecular flexibility index (Phi) is 4.07. The Hall–Kier alpha value is -1.49. The molecule has 2 aliphatic heterocycles. The number of amidine groups is 1. The zero-order valence-electron chi connectivity index (χ0n) is 13.6. The van der Waals surface area contributed by atoms with Crippen LogP contribution in [0, 0.1) is 6.92 Å². The molecule has 4 rings (SSSR count). The Morgan fingerprint density at radius 3 is 2.67 bits per heavy atom. The first-order valence-corrected chi connectivity index (χ1v) is 9.55. The van der Waals surface area contributed by atoms with Crippen LogP contribution in [0.15, 0.2) is 48.5 Å². The van der Waals surface area contributed by atoms with E-state index in [-0.39, 0.29) is 0 Å². The van der Waals surface area contributed by atoms with Crippen molar-refractivity contribution in [3.8, 4) is 0 Å². The number of para-hydroxylation sites is 1. The molecule has 1 atom stereocenters. The predicted molar refractivity (Wildman–Crippen MR) is 101 cm³/mol. The van der Waals surface area contributed by atoms with Crippen molar-refractivity contribution in [2.24, 2.45) is 0 Å². The third kappa shape index (κ3) is 2.53. The number of aryl methyl sites for hydroxylation is 1. The zero-order chi connectivity index (χ0) is 16.7. The highest BCUT2D eigenvalue weighted by molar-refractivity contribution is 8.13. The van der Waals surface area contributed by atoms with Crippen LogP contribution in [-0.2, 0) is 5.72 Å². The van der Waals surface area contributed by atoms with E-state index >= 15 is 0 Å². The van der Waals surface area contributed by atoms with Crippen molar-refractivity contribution >= 4 is 34.2 Å². The summed E-state index contributed by atoms with van der Waals surface area (Å²) in [6.45, 7) is 3.51. The van der Waals surface area contributed by atoms with Crippen molar-refractivity contribution in [1.82, 2.24) is 0 Å². The van der Waals surface area contributed by atoms with Gasteiger partial charge in [-0.3, -0.25) is 0 Å². The number of rotatable bonds is 2. The van der Waals surface area contributed by atoms with Crippen molar-refractivity contribution in [2.45, 2.75) is 19.1 Å². The smallest absolute Gasteiger partial charge is 0.316 e. The van der Waals surface area contributed by atoms with Crippen molar-refractivity contribution in [3.63, 3.8) is 0 Å². The highest BCUT2D eigenvalue weighted by Crippen LogP contribution is 2.38. The fourth-order valence-corrected chi connectivity index (χ4v) is 4.82. The first kappa shape index (κ1) is 16.0. The molecule has 0 saturated heterocycles. The minimum absolute atomic E-state index is 0.530. The van der Waals surface area contributed by atoms with E-state index in [2.05, 4.69) is 40.7 Å². The molecule has 1 N–H and O–H groups in total. The monoisotopic (exact) mass is 359 g/mol. The lowest BCUT2D eigenvalue weighted by atomic mass is 10.0. The largest absolute Gasteiger partial charge is 0.346 e. The molecular weight excluding hydrogens is 340 g/mol. The fraction of sp³-hybridized carbons (Fsp3) is 0.316. The van der Waals surface area contributed by atoms with Gasteiger partial charge >= 0.3 is 5.17 Å². The molecule has 2 aliphatic rings. The van der Waals surface area contributed by atoms with Gasteiger partial charge in [-0.25, -0.2) is 9.48 Å². The van der Waals surface area contributed by atoms with Gasteiger partial charge in [0.2, 0.25) is 0 Å². The molecule has 2 aromatic carbocycles. The van der Waals surface area contributed by atoms with Gasteiger partial charge in [0.1, 0.15) is 5.69 Å². The van der Waals surface area contributed by atoms with E-state index in [4.69, 9.17) is 11.6 Å². The number of thioether (sulfide) groups is 1. The second-order valence-corrected chi connectivity index (χ2v) is 7.83. The lowest BCUT2D eigenvalue weighted by Crippen LogP contribution is -2.41. The van der Waals surface area contributed by atoms with Gasteiger partial charge in [-0.05, 0) is 48.9 Å². The maximum atomic E-state index is 11.6. The molecule has 0 bridgehead atoms. The lowest BCUT2D eigenvalue weighted by molar-refractivity contribution is -0.656. The summed E-state index contributed by atoms with van der Waals surface area (Å²) in [5, 5.41) is 13.4. The molecule has 24 heavy (non-hydrogen) atoms. The van der Waals surface area contributed by atoms with E-state index in [1.54, 1.807) is 0 Å². The number of β-amino-alcohol motifs (C(OH)–C–C–N with tert-alkyl or cyclic N) is 1. The van der Waals surface area contributed by atoms with Gasteiger partial charge in [-0.15, -0.1) is 0 Å². The molecule has 0 radical (unpaired) electrons. The predicted octanol–water partition coefficient (Wildman–Crippen LogP) is 3.82. The molecular formula is C19H20ClN2OS+. The molecule has 0 unspecified atom stereocenters. The standard InChI is InChI=1S/C19H20ClN2OS/c1-14-5-2-3-6-17(14)21-13-19(23,15-7-9-16(20)10-8-15)22-11-4-12-24-18(21)22/h2-3,5-10,23H,4,11-13H2,1H3/q+1/t19-/m0/s1. The van der Waals surface area contributed by atoms with E-state index in [0.717, 1.165) is 35.1 Å². The van der Waals surface area contributed by atoms with Crippen LogP contribution in [0.5, 0.6) is 0 Å². The van der Waals surface area contributed by atoms with Crippen molar-refractivity contribution in [3.05, 3.63) is 64.7 Å². The summed E-state index contributed by atoms with van der Waals surface area (Å²) in [6.07, 6.45) is 1.08. The van der Waals surface area contributed by atoms with Crippen LogP contribution in [0.3, 0.4) is 0 Å². The minimum Gasteiger partial charge on any atom is -0.346 e. The fourth-order valence-electron chi connectivity index (χ4n) is 3.52. The maximum absolute atomic E-state index is 11.6. The average molecular weight is 360 g/mol. The summed E-state index contributed by atoms with van der Waals surface area (Å²) < 4.78 is 2.15. The van der Waals surface area contributed by atoms with Gasteiger partial charge in [-0.1, -0.05) is 41.9 Å². The topological polar surface area (TPSA) is 26.5 Å². The van der Waals surface area contributed by atoms with Crippen molar-refractivity contribution < 1.29 is 9.68 Å². The molecule has 2 heterocycles. The van der Waals surface area contributed by atoms with Crippen LogP contribution in [0.4, 0.5) is 5.69 Å². The van der Waals surface area contributed by atoms with Gasteiger partial charge < -0.3 is 5.11 Å². The van der Waals surface area contributed by atoms with Crippen LogP contribution in [-0.4, -0.2) is 33.7 Å². The van der Waals surface area contributed by atoms with Crippen LogP contribution < -0.4 is 4.90 Å². The number of hydrogen-bond acceptors (Lipinski definition) is 3. The number of anilines is 1. The molecule has 0 spiro atoms. The first-order valence-electron chi connectivity index (χ1n) is 8.18. The zero-order valence-corrected chi connectivity index (χ0v) is 15.1. The van der Waals surface area contributed by atoms with E-state index < -0.39 is 5.72 Å². The second-order valence-electron chi connectivity index (χ2n) is 6.33. The van der Waals surface area contributed by atoms with Crippen molar-refractivity contribution in [1.29, 1.82) is 0 Å². The third-order valence-corrected chi connectivity index (χ3v) is 6.20. The molecule has 0 aliphatic carbocycles. The summed E-state index contributed by atoms with van der Waals surface area (Å²) in [7, 11) is 0. The van der Waals surface area contributed by atoms with Gasteiger partial charge in [0.15, 0.2) is 6.54 Å². The molecule has 124 valence electrons. The molecule has 0 fully saturated rings. The quantitative estimate of drug-likeness (QED) is 0.826. The number of benzene rings is 2. The van der Waals surface area contributed by atoms with Crippen LogP contribution in [0.25, 0.3) is 0 Å². The van der Waals surface area contributed by atoms with Gasteiger partial charge in [0.05, 0.1) is 6.54 Å². The van der Waals surface area contributed by atoms with Crippen molar-refractivity contribution in [2.75, 3.05) is 23.7 Å². The number of halogens is 1. The molecule has 5 heteroatoms. The van der Waals surface area contributed by atoms with E-state index in [1.807, 2.05) is 36.0 Å². The summed E-state index contributed by atoms with van der Waals surface area (Å²) in [5.41, 5.74) is 2.26. The van der Waals surface area contributed by atoms with E-state index in [9.17, 15) is 5.11 Å². The van der Waals surface area contributed by atoms with E-state index in [1.165, 1.54) is 5.56 Å². The summed E-state index contributed by atoms with van der Waals surface area (Å²) in [5.74, 6) is 1.09. The molecule has 2 aromatic rings. The second kappa shape index (κ2) is 6.10. The van der Waals surface area contributed by atoms with Crippen LogP contribution in [0.1, 0.15) is 17.5 Å². The molecule has 0 saturated carbocycles. The Balaban J connectivity index is 1.82. The minimum atomic E-state index is -1.02. The summed E-state index contributed by atoms with van der Waals surface area (Å²) >= 11 is 7.86. The highest BCUT2D eigenvalue weighted by atomic mass is 35.5. The van der Waals surface area contributed by atoms with E-state index in [0.29, 0.717) is 11.6 Å². The Morgan fingerprint density at radius 2 is 1.92 bits per heavy atom. The highest BCUT2D eigenvalue weighted by Gasteiger charge is 2.53. The molecule has 3 nitrogen and oxygen atoms in total. The normalized spacial score (nSPS) is 23.5. The Labute approximate surface area is 151 Å². The number of nitrogens with zero attached hydrogens (tertiary/aromatic N) is 2. The molecule has 0 aromatic heterocycles. The maximum Gasteiger partial charge on any atom is 0.316 e. The van der Waals surface area contributed by atoms with Crippen LogP contribution in [0.2, 0.25) is 5.02 Å². The average Bonchev–Trinajstić information content (AvgIpc) is 2.90. The lowest BCUT2D eigenvalue weighted by Gasteiger charge is -2.24. The molecule has 0 amide bonds. The number of aliphatic hydroxyl groups is 1. The van der Waals surface area contributed by atoms with Gasteiger partial charge in [0, 0.05) is 16.3 Å². The van der Waals surface area contributed by atoms with Gasteiger partial charge in [0.25, 0.3) is 5.72 Å². The third-order valence-electron chi connectivity index (χ3n) is 4.76. The SMILES string of the molecule is Cc1ccccc1N1C[C@](O)(c2ccc(Cl)cc2)[N+]2=C1SCCC2. The number of hydrogen-bond donors (Lipinski definition) is 1. The Morgan fingerprint density at radius 1 is 1.17 bits per heavy atom. The Bertz CT molecular complexity index is 805. The first-order chi connectivity index (χ1) is 11.6.